The summed E-state index contributed by atoms with van der Waals surface area (Å²) in [6.07, 6.45) is 0. The molecule has 1 aromatic heterocycles. The van der Waals surface area contributed by atoms with Crippen LogP contribution in [0.1, 0.15) is 16.1 Å². The molecule has 4 rings (SSSR count). The van der Waals surface area contributed by atoms with E-state index in [2.05, 4.69) is 4.98 Å². The van der Waals surface area contributed by atoms with Gasteiger partial charge in [-0.05, 0) is 29.8 Å². The lowest BCUT2D eigenvalue weighted by Crippen LogP contribution is -2.11. The molecule has 0 fully saturated rings. The van der Waals surface area contributed by atoms with E-state index in [1.165, 1.54) is 6.07 Å². The van der Waals surface area contributed by atoms with Gasteiger partial charge in [0.05, 0.1) is 11.2 Å². The number of anilines is 2. The number of pyridine rings is 1. The van der Waals surface area contributed by atoms with E-state index in [4.69, 9.17) is 4.74 Å². The van der Waals surface area contributed by atoms with E-state index in [-0.39, 0.29) is 5.69 Å². The maximum Gasteiger partial charge on any atom is 0.354 e. The summed E-state index contributed by atoms with van der Waals surface area (Å²) in [5, 5.41) is 10.3. The molecule has 3 aromatic carbocycles. The Hall–Kier alpha value is -3.86. The van der Waals surface area contributed by atoms with Crippen LogP contribution >= 0.6 is 0 Å². The predicted octanol–water partition coefficient (Wildman–Crippen LogP) is 5.28. The van der Waals surface area contributed by atoms with E-state index in [9.17, 15) is 9.90 Å². The van der Waals surface area contributed by atoms with Gasteiger partial charge >= 0.3 is 5.97 Å². The van der Waals surface area contributed by atoms with E-state index in [0.29, 0.717) is 17.9 Å². The number of nitrogens with zero attached hydrogens (tertiary/aromatic N) is 2. The first-order chi connectivity index (χ1) is 14.1. The van der Waals surface area contributed by atoms with Gasteiger partial charge in [0.2, 0.25) is 0 Å². The zero-order valence-corrected chi connectivity index (χ0v) is 15.9. The first-order valence-electron chi connectivity index (χ1n) is 9.26. The van der Waals surface area contributed by atoms with Gasteiger partial charge in [0.15, 0.2) is 5.69 Å². The third kappa shape index (κ3) is 3.89. The number of carboxylic acid groups (broad SMARTS) is 1. The number of benzene rings is 3. The highest BCUT2D eigenvalue weighted by Crippen LogP contribution is 2.35. The highest BCUT2D eigenvalue weighted by Gasteiger charge is 2.17. The van der Waals surface area contributed by atoms with Crippen LogP contribution in [0.3, 0.4) is 0 Å². The van der Waals surface area contributed by atoms with Crippen LogP contribution < -0.4 is 9.64 Å². The van der Waals surface area contributed by atoms with Crippen LogP contribution in [-0.2, 0) is 6.61 Å². The minimum absolute atomic E-state index is 0.0468. The zero-order chi connectivity index (χ0) is 20.2. The summed E-state index contributed by atoms with van der Waals surface area (Å²) in [5.74, 6) is -0.590. The highest BCUT2D eigenvalue weighted by molar-refractivity contribution is 5.99. The van der Waals surface area contributed by atoms with Crippen LogP contribution in [0.5, 0.6) is 5.75 Å². The molecule has 1 heterocycles. The lowest BCUT2D eigenvalue weighted by Gasteiger charge is -2.21. The summed E-state index contributed by atoms with van der Waals surface area (Å²) >= 11 is 0. The smallest absolute Gasteiger partial charge is 0.354 e. The van der Waals surface area contributed by atoms with Crippen molar-refractivity contribution in [2.75, 3.05) is 11.9 Å². The Bertz CT molecular complexity index is 1140. The lowest BCUT2D eigenvalue weighted by molar-refractivity contribution is 0.0690. The molecule has 0 aliphatic carbocycles. The number of carboxylic acids is 1. The molecule has 5 nitrogen and oxygen atoms in total. The maximum absolute atomic E-state index is 11.7. The number of hydrogen-bond acceptors (Lipinski definition) is 4. The summed E-state index contributed by atoms with van der Waals surface area (Å²) in [5.41, 5.74) is 3.33. The Morgan fingerprint density at radius 1 is 0.966 bits per heavy atom. The molecule has 0 unspecified atom stereocenters. The van der Waals surface area contributed by atoms with Crippen LogP contribution in [0.4, 0.5) is 11.4 Å². The molecule has 0 atom stereocenters. The van der Waals surface area contributed by atoms with Crippen LogP contribution in [0.2, 0.25) is 0 Å². The second kappa shape index (κ2) is 8.02. The Labute approximate surface area is 168 Å². The summed E-state index contributed by atoms with van der Waals surface area (Å²) in [6, 6.07) is 26.9. The van der Waals surface area contributed by atoms with Crippen molar-refractivity contribution >= 4 is 28.2 Å². The SMILES string of the molecule is CN(c1ccccc1)c1cccc2c(OCc3ccccc3)cc(C(=O)O)nc12. The first kappa shape index (κ1) is 18.5. The fourth-order valence-corrected chi connectivity index (χ4v) is 3.23. The monoisotopic (exact) mass is 384 g/mol. The molecule has 0 aliphatic heterocycles. The number of fused-ring (bicyclic) bond motifs is 1. The molecule has 0 saturated heterocycles. The molecule has 0 saturated carbocycles. The third-order valence-electron chi connectivity index (χ3n) is 4.74. The minimum Gasteiger partial charge on any atom is -0.488 e. The van der Waals surface area contributed by atoms with Gasteiger partial charge in [-0.3, -0.25) is 0 Å². The third-order valence-corrected chi connectivity index (χ3v) is 4.74. The van der Waals surface area contributed by atoms with E-state index in [1.54, 1.807) is 0 Å². The molecule has 5 heteroatoms. The summed E-state index contributed by atoms with van der Waals surface area (Å²) in [6.45, 7) is 0.345. The van der Waals surface area contributed by atoms with Crippen molar-refractivity contribution in [1.82, 2.24) is 4.98 Å². The number of hydrogen-bond donors (Lipinski definition) is 1. The van der Waals surface area contributed by atoms with E-state index in [0.717, 1.165) is 22.3 Å². The second-order valence-electron chi connectivity index (χ2n) is 6.65. The molecule has 0 aliphatic rings. The highest BCUT2D eigenvalue weighted by atomic mass is 16.5. The number of carbonyl (C=O) groups is 1. The molecule has 0 bridgehead atoms. The second-order valence-corrected chi connectivity index (χ2v) is 6.65. The van der Waals surface area contributed by atoms with Gasteiger partial charge < -0.3 is 14.7 Å². The Kier molecular flexibility index (Phi) is 5.12. The Morgan fingerprint density at radius 2 is 1.66 bits per heavy atom. The fourth-order valence-electron chi connectivity index (χ4n) is 3.23. The molecule has 1 N–H and O–H groups in total. The van der Waals surface area contributed by atoms with Gasteiger partial charge in [-0.25, -0.2) is 9.78 Å². The van der Waals surface area contributed by atoms with Crippen LogP contribution in [0.25, 0.3) is 10.9 Å². The van der Waals surface area contributed by atoms with Crippen molar-refractivity contribution < 1.29 is 14.6 Å². The minimum atomic E-state index is -1.09. The Morgan fingerprint density at radius 3 is 2.34 bits per heavy atom. The number of rotatable bonds is 6. The van der Waals surface area contributed by atoms with Crippen molar-refractivity contribution in [3.8, 4) is 5.75 Å². The van der Waals surface area contributed by atoms with Gasteiger partial charge in [0.1, 0.15) is 12.4 Å². The van der Waals surface area contributed by atoms with Crippen molar-refractivity contribution in [1.29, 1.82) is 0 Å². The predicted molar refractivity (Wildman–Crippen MR) is 114 cm³/mol. The molecule has 144 valence electrons. The number of aromatic carboxylic acids is 1. The largest absolute Gasteiger partial charge is 0.488 e. The standard InChI is InChI=1S/C24H20N2O3/c1-26(18-11-6-3-7-12-18)21-14-8-13-19-22(15-20(24(27)28)25-23(19)21)29-16-17-9-4-2-5-10-17/h2-15H,16H2,1H3,(H,27,28). The van der Waals surface area contributed by atoms with E-state index >= 15 is 0 Å². The topological polar surface area (TPSA) is 62.7 Å². The lowest BCUT2D eigenvalue weighted by atomic mass is 10.1. The summed E-state index contributed by atoms with van der Waals surface area (Å²) in [4.78, 5) is 18.1. The summed E-state index contributed by atoms with van der Waals surface area (Å²) in [7, 11) is 1.93. The molecule has 0 spiro atoms. The van der Waals surface area contributed by atoms with Gasteiger partial charge in [-0.15, -0.1) is 0 Å². The maximum atomic E-state index is 11.7. The molecule has 4 aromatic rings. The van der Waals surface area contributed by atoms with Crippen LogP contribution in [0.15, 0.2) is 84.9 Å². The molecule has 0 amide bonds. The average molecular weight is 384 g/mol. The normalized spacial score (nSPS) is 10.7. The quantitative estimate of drug-likeness (QED) is 0.490. The van der Waals surface area contributed by atoms with Crippen molar-refractivity contribution in [3.63, 3.8) is 0 Å². The number of aromatic nitrogens is 1. The average Bonchev–Trinajstić information content (AvgIpc) is 2.77. The number of para-hydroxylation sites is 2. The van der Waals surface area contributed by atoms with Gasteiger partial charge in [0.25, 0.3) is 0 Å². The number of ether oxygens (including phenoxy) is 1. The van der Waals surface area contributed by atoms with E-state index in [1.807, 2.05) is 90.8 Å². The van der Waals surface area contributed by atoms with Gasteiger partial charge in [-0.1, -0.05) is 54.6 Å². The molecule has 29 heavy (non-hydrogen) atoms. The fraction of sp³-hybridized carbons (Fsp3) is 0.0833. The van der Waals surface area contributed by atoms with E-state index < -0.39 is 5.97 Å². The van der Waals surface area contributed by atoms with Gasteiger partial charge in [0, 0.05) is 24.2 Å². The molecular formula is C24H20N2O3. The van der Waals surface area contributed by atoms with Crippen LogP contribution in [-0.4, -0.2) is 23.1 Å². The zero-order valence-electron chi connectivity index (χ0n) is 15.9. The van der Waals surface area contributed by atoms with Gasteiger partial charge in [-0.2, -0.15) is 0 Å². The van der Waals surface area contributed by atoms with Crippen molar-refractivity contribution in [2.45, 2.75) is 6.61 Å². The molecular weight excluding hydrogens is 364 g/mol. The molecule has 0 radical (unpaired) electrons. The van der Waals surface area contributed by atoms with Crippen molar-refractivity contribution in [3.05, 3.63) is 96.2 Å². The van der Waals surface area contributed by atoms with Crippen LogP contribution in [0, 0.1) is 0 Å². The summed E-state index contributed by atoms with van der Waals surface area (Å²) < 4.78 is 6.01. The Balaban J connectivity index is 1.80. The first-order valence-corrected chi connectivity index (χ1v) is 9.26. The van der Waals surface area contributed by atoms with Crippen molar-refractivity contribution in [2.24, 2.45) is 0 Å².